The average Bonchev–Trinajstić information content (AvgIpc) is 3.22. The number of carbonyl (C=O) groups excluding carboxylic acids is 2. The second-order valence-electron chi connectivity index (χ2n) is 16.0. The number of rotatable bonds is 45. The quantitative estimate of drug-likeness (QED) is 0.0266. The highest BCUT2D eigenvalue weighted by Gasteiger charge is 2.26. The predicted molar refractivity (Wildman–Crippen MR) is 247 cm³/mol. The lowest BCUT2D eigenvalue weighted by molar-refractivity contribution is -0.161. The lowest BCUT2D eigenvalue weighted by atomic mass is 10.0. The fourth-order valence-corrected chi connectivity index (χ4v) is 7.34. The predicted octanol–water partition coefficient (Wildman–Crippen LogP) is 14.3. The van der Waals surface area contributed by atoms with Crippen LogP contribution in [0.2, 0.25) is 0 Å². The lowest BCUT2D eigenvalue weighted by Crippen LogP contribution is -2.29. The molecule has 0 aliphatic carbocycles. The first-order chi connectivity index (χ1) is 28.8. The molecule has 3 N–H and O–H groups in total. The third-order valence-corrected chi connectivity index (χ3v) is 11.2. The minimum Gasteiger partial charge on any atom is -0.462 e. The van der Waals surface area contributed by atoms with Crippen molar-refractivity contribution in [1.29, 1.82) is 0 Å². The normalized spacial score (nSPS) is 13.6. The summed E-state index contributed by atoms with van der Waals surface area (Å²) in [7, 11) is -4.38. The summed E-state index contributed by atoms with van der Waals surface area (Å²) in [4.78, 5) is 34.9. The van der Waals surface area contributed by atoms with Crippen LogP contribution in [0.25, 0.3) is 0 Å². The van der Waals surface area contributed by atoms with E-state index in [0.29, 0.717) is 6.42 Å². The van der Waals surface area contributed by atoms with Crippen LogP contribution >= 0.6 is 7.82 Å². The minimum absolute atomic E-state index is 0.0506. The van der Waals surface area contributed by atoms with E-state index in [1.165, 1.54) is 109 Å². The van der Waals surface area contributed by atoms with Gasteiger partial charge in [-0.25, -0.2) is 4.57 Å². The molecular weight excluding hydrogens is 762 g/mol. The summed E-state index contributed by atoms with van der Waals surface area (Å²) in [6.45, 7) is 3.70. The number of carbonyl (C=O) groups is 2. The summed E-state index contributed by atoms with van der Waals surface area (Å²) in [6, 6.07) is 0. The van der Waals surface area contributed by atoms with Crippen molar-refractivity contribution in [2.45, 2.75) is 225 Å². The first-order valence-electron chi connectivity index (χ1n) is 24.1. The fraction of sp³-hybridized carbons (Fsp3) is 0.796. The van der Waals surface area contributed by atoms with Gasteiger partial charge in [-0.05, 0) is 77.0 Å². The molecule has 0 saturated carbocycles. The number of phosphoric acid groups is 1. The SMILES string of the molecule is CCCCCC/C=C\CCCCCCCC(=O)OCC(COP(=O)(O)OCCN)OC(=O)CCCCCCCCCCCC/C=C\C/C=C\C/C=C\CCCCCCC. The smallest absolute Gasteiger partial charge is 0.462 e. The summed E-state index contributed by atoms with van der Waals surface area (Å²) >= 11 is 0. The molecule has 0 amide bonds. The van der Waals surface area contributed by atoms with Crippen LogP contribution in [-0.2, 0) is 32.7 Å². The van der Waals surface area contributed by atoms with Crippen LogP contribution in [0.5, 0.6) is 0 Å². The van der Waals surface area contributed by atoms with E-state index in [-0.39, 0.29) is 32.6 Å². The highest BCUT2D eigenvalue weighted by Crippen LogP contribution is 2.43. The standard InChI is InChI=1S/C49H90NO8P/c1-3-5-7-9-11-13-15-17-18-19-20-21-22-23-24-25-26-27-28-30-32-34-36-38-40-42-49(52)58-47(46-57-59(53,54)56-44-43-50)45-55-48(51)41-39-37-35-33-31-29-16-14-12-10-8-6-4-2/h14-17,19-20,22-23,47H,3-13,18,21,24-46,50H2,1-2H3,(H,53,54)/b16-14-,17-15-,20-19-,23-22-. The molecule has 0 aromatic carbocycles. The molecule has 344 valence electrons. The number of ether oxygens (including phenoxy) is 2. The molecule has 0 fully saturated rings. The summed E-state index contributed by atoms with van der Waals surface area (Å²) in [5, 5.41) is 0. The number of phosphoric ester groups is 1. The van der Waals surface area contributed by atoms with Gasteiger partial charge in [0, 0.05) is 19.4 Å². The van der Waals surface area contributed by atoms with E-state index < -0.39 is 32.5 Å². The summed E-state index contributed by atoms with van der Waals surface area (Å²) in [5.74, 6) is -0.841. The molecule has 0 rings (SSSR count). The zero-order chi connectivity index (χ0) is 43.2. The Bertz CT molecular complexity index is 1110. The van der Waals surface area contributed by atoms with Crippen molar-refractivity contribution < 1.29 is 37.6 Å². The van der Waals surface area contributed by atoms with Crippen molar-refractivity contribution in [3.8, 4) is 0 Å². The van der Waals surface area contributed by atoms with Crippen molar-refractivity contribution >= 4 is 19.8 Å². The Morgan fingerprint density at radius 1 is 0.508 bits per heavy atom. The van der Waals surface area contributed by atoms with Crippen molar-refractivity contribution in [1.82, 2.24) is 0 Å². The Labute approximate surface area is 362 Å². The molecule has 0 radical (unpaired) electrons. The van der Waals surface area contributed by atoms with Gasteiger partial charge in [0.05, 0.1) is 13.2 Å². The number of esters is 2. The maximum atomic E-state index is 12.6. The maximum absolute atomic E-state index is 12.6. The molecule has 9 nitrogen and oxygen atoms in total. The highest BCUT2D eigenvalue weighted by atomic mass is 31.2. The molecule has 10 heteroatoms. The van der Waals surface area contributed by atoms with Gasteiger partial charge in [0.25, 0.3) is 0 Å². The van der Waals surface area contributed by atoms with Crippen LogP contribution in [0.3, 0.4) is 0 Å². The molecule has 2 unspecified atom stereocenters. The second-order valence-corrected chi connectivity index (χ2v) is 17.4. The first kappa shape index (κ1) is 57.0. The number of allylic oxidation sites excluding steroid dienone is 8. The Morgan fingerprint density at radius 3 is 1.34 bits per heavy atom. The second kappa shape index (κ2) is 45.5. The molecule has 2 atom stereocenters. The number of hydrogen-bond donors (Lipinski definition) is 2. The van der Waals surface area contributed by atoms with Gasteiger partial charge in [-0.15, -0.1) is 0 Å². The minimum atomic E-state index is -4.38. The van der Waals surface area contributed by atoms with E-state index in [1.54, 1.807) is 0 Å². The van der Waals surface area contributed by atoms with E-state index in [4.69, 9.17) is 24.3 Å². The topological polar surface area (TPSA) is 134 Å². The van der Waals surface area contributed by atoms with Gasteiger partial charge in [0.15, 0.2) is 6.10 Å². The molecule has 0 aromatic heterocycles. The fourth-order valence-electron chi connectivity index (χ4n) is 6.58. The van der Waals surface area contributed by atoms with Crippen molar-refractivity contribution in [3.63, 3.8) is 0 Å². The Balaban J connectivity index is 4.06. The largest absolute Gasteiger partial charge is 0.472 e. The summed E-state index contributed by atoms with van der Waals surface area (Å²) < 4.78 is 32.8. The van der Waals surface area contributed by atoms with Crippen LogP contribution in [0.15, 0.2) is 48.6 Å². The monoisotopic (exact) mass is 852 g/mol. The third kappa shape index (κ3) is 45.3. The van der Waals surface area contributed by atoms with Gasteiger partial charge in [-0.1, -0.05) is 178 Å². The van der Waals surface area contributed by atoms with Crippen molar-refractivity contribution in [3.05, 3.63) is 48.6 Å². The van der Waals surface area contributed by atoms with Crippen LogP contribution in [0, 0.1) is 0 Å². The van der Waals surface area contributed by atoms with Crippen molar-refractivity contribution in [2.24, 2.45) is 5.73 Å². The van der Waals surface area contributed by atoms with Gasteiger partial charge in [0.2, 0.25) is 0 Å². The van der Waals surface area contributed by atoms with E-state index in [1.807, 2.05) is 0 Å². The van der Waals surface area contributed by atoms with Crippen LogP contribution < -0.4 is 5.73 Å². The van der Waals surface area contributed by atoms with Crippen LogP contribution in [0.4, 0.5) is 0 Å². The Kier molecular flexibility index (Phi) is 43.9. The molecule has 59 heavy (non-hydrogen) atoms. The van der Waals surface area contributed by atoms with Crippen molar-refractivity contribution in [2.75, 3.05) is 26.4 Å². The molecule has 0 aromatic rings. The molecule has 0 aliphatic heterocycles. The van der Waals surface area contributed by atoms with Gasteiger partial charge in [-0.3, -0.25) is 18.6 Å². The van der Waals surface area contributed by atoms with Crippen LogP contribution in [0.1, 0.15) is 219 Å². The van der Waals surface area contributed by atoms with Gasteiger partial charge >= 0.3 is 19.8 Å². The van der Waals surface area contributed by atoms with E-state index in [2.05, 4.69) is 62.5 Å². The van der Waals surface area contributed by atoms with Gasteiger partial charge in [0.1, 0.15) is 6.61 Å². The molecule has 0 bridgehead atoms. The lowest BCUT2D eigenvalue weighted by Gasteiger charge is -2.19. The number of unbranched alkanes of at least 4 members (excludes halogenated alkanes) is 24. The molecule has 0 aliphatic rings. The van der Waals surface area contributed by atoms with E-state index in [9.17, 15) is 19.0 Å². The Morgan fingerprint density at radius 2 is 0.881 bits per heavy atom. The third-order valence-electron chi connectivity index (χ3n) is 10.2. The molecule has 0 spiro atoms. The van der Waals surface area contributed by atoms with Gasteiger partial charge in [-0.2, -0.15) is 0 Å². The van der Waals surface area contributed by atoms with Gasteiger partial charge < -0.3 is 20.1 Å². The zero-order valence-corrected chi connectivity index (χ0v) is 38.9. The van der Waals surface area contributed by atoms with E-state index in [0.717, 1.165) is 77.0 Å². The average molecular weight is 852 g/mol. The van der Waals surface area contributed by atoms with Crippen LogP contribution in [-0.4, -0.2) is 49.3 Å². The number of nitrogens with two attached hydrogens (primary N) is 1. The maximum Gasteiger partial charge on any atom is 0.472 e. The number of hydrogen-bond acceptors (Lipinski definition) is 8. The molecule has 0 saturated heterocycles. The first-order valence-corrected chi connectivity index (χ1v) is 25.6. The highest BCUT2D eigenvalue weighted by molar-refractivity contribution is 7.47. The summed E-state index contributed by atoms with van der Waals surface area (Å²) in [6.07, 6.45) is 52.9. The van der Waals surface area contributed by atoms with E-state index >= 15 is 0 Å². The zero-order valence-electron chi connectivity index (χ0n) is 38.0. The molecular formula is C49H90NO8P. The molecule has 0 heterocycles. The Hall–Kier alpha value is -2.03. The summed E-state index contributed by atoms with van der Waals surface area (Å²) in [5.41, 5.74) is 5.35.